The van der Waals surface area contributed by atoms with Crippen molar-refractivity contribution in [3.8, 4) is 16.2 Å². The second kappa shape index (κ2) is 10.9. The SMILES string of the molecule is CC(=NNC(=O)c1ccc(C(=O)NN2CCOCC2)s1)c1csc(-c2ccc(C(C)(C)C)cc2)c1O. The maximum atomic E-state index is 12.6. The summed E-state index contributed by atoms with van der Waals surface area (Å²) in [6, 6.07) is 11.4. The van der Waals surface area contributed by atoms with Crippen molar-refractivity contribution < 1.29 is 19.4 Å². The lowest BCUT2D eigenvalue weighted by Crippen LogP contribution is -2.48. The molecule has 1 fully saturated rings. The molecule has 0 saturated carbocycles. The average Bonchev–Trinajstić information content (AvgIpc) is 3.50. The summed E-state index contributed by atoms with van der Waals surface area (Å²) in [6.07, 6.45) is 0. The van der Waals surface area contributed by atoms with Crippen LogP contribution in [0.25, 0.3) is 10.4 Å². The van der Waals surface area contributed by atoms with Gasteiger partial charge in [0.05, 0.1) is 39.1 Å². The zero-order valence-electron chi connectivity index (χ0n) is 20.8. The topological polar surface area (TPSA) is 103 Å². The van der Waals surface area contributed by atoms with Crippen molar-refractivity contribution in [3.05, 3.63) is 62.7 Å². The Hall–Kier alpha value is -3.05. The van der Waals surface area contributed by atoms with Crippen molar-refractivity contribution in [2.24, 2.45) is 5.10 Å². The normalized spacial score (nSPS) is 15.1. The summed E-state index contributed by atoms with van der Waals surface area (Å²) in [7, 11) is 0. The fourth-order valence-electron chi connectivity index (χ4n) is 3.64. The third-order valence-corrected chi connectivity index (χ3v) is 7.92. The summed E-state index contributed by atoms with van der Waals surface area (Å²) in [5, 5.41) is 18.6. The molecule has 1 saturated heterocycles. The first-order valence-corrected chi connectivity index (χ1v) is 13.3. The summed E-state index contributed by atoms with van der Waals surface area (Å²) in [5.41, 5.74) is 8.60. The number of benzene rings is 1. The Morgan fingerprint density at radius 2 is 1.67 bits per heavy atom. The van der Waals surface area contributed by atoms with Crippen LogP contribution in [0.15, 0.2) is 46.9 Å². The van der Waals surface area contributed by atoms with E-state index in [-0.39, 0.29) is 17.1 Å². The number of hydrogen-bond acceptors (Lipinski definition) is 8. The van der Waals surface area contributed by atoms with Gasteiger partial charge in [0.15, 0.2) is 0 Å². The zero-order chi connectivity index (χ0) is 25.9. The van der Waals surface area contributed by atoms with Crippen LogP contribution < -0.4 is 10.9 Å². The average molecular weight is 527 g/mol. The number of hydrazone groups is 1. The molecule has 8 nitrogen and oxygen atoms in total. The van der Waals surface area contributed by atoms with Crippen molar-refractivity contribution in [1.29, 1.82) is 0 Å². The molecule has 10 heteroatoms. The predicted octanol–water partition coefficient (Wildman–Crippen LogP) is 4.61. The van der Waals surface area contributed by atoms with Crippen LogP contribution in [-0.4, -0.2) is 53.9 Å². The smallest absolute Gasteiger partial charge is 0.281 e. The maximum Gasteiger partial charge on any atom is 0.281 e. The first-order valence-electron chi connectivity index (χ1n) is 11.6. The number of nitrogens with one attached hydrogen (secondary N) is 2. The molecule has 3 heterocycles. The van der Waals surface area contributed by atoms with E-state index >= 15 is 0 Å². The van der Waals surface area contributed by atoms with Crippen LogP contribution in [0.2, 0.25) is 0 Å². The van der Waals surface area contributed by atoms with Crippen molar-refractivity contribution in [1.82, 2.24) is 15.9 Å². The van der Waals surface area contributed by atoms with Gasteiger partial charge in [-0.05, 0) is 35.6 Å². The van der Waals surface area contributed by atoms with Crippen molar-refractivity contribution in [2.75, 3.05) is 26.3 Å². The molecule has 2 amide bonds. The van der Waals surface area contributed by atoms with Gasteiger partial charge < -0.3 is 9.84 Å². The number of morpholine rings is 1. The second-order valence-corrected chi connectivity index (χ2v) is 11.5. The lowest BCUT2D eigenvalue weighted by atomic mass is 9.86. The lowest BCUT2D eigenvalue weighted by Gasteiger charge is -2.26. The molecule has 0 atom stereocenters. The van der Waals surface area contributed by atoms with E-state index in [4.69, 9.17) is 4.74 Å². The molecule has 190 valence electrons. The van der Waals surface area contributed by atoms with Crippen LogP contribution in [0.5, 0.6) is 5.75 Å². The highest BCUT2D eigenvalue weighted by atomic mass is 32.1. The van der Waals surface area contributed by atoms with E-state index in [9.17, 15) is 14.7 Å². The Morgan fingerprint density at radius 1 is 1.03 bits per heavy atom. The molecule has 3 aromatic rings. The highest BCUT2D eigenvalue weighted by Gasteiger charge is 2.19. The molecule has 0 bridgehead atoms. The summed E-state index contributed by atoms with van der Waals surface area (Å²) < 4.78 is 5.28. The Kier molecular flexibility index (Phi) is 7.89. The molecule has 0 unspecified atom stereocenters. The van der Waals surface area contributed by atoms with Crippen LogP contribution in [-0.2, 0) is 10.2 Å². The fourth-order valence-corrected chi connectivity index (χ4v) is 5.44. The summed E-state index contributed by atoms with van der Waals surface area (Å²) in [6.45, 7) is 10.6. The summed E-state index contributed by atoms with van der Waals surface area (Å²) >= 11 is 2.52. The van der Waals surface area contributed by atoms with E-state index in [0.29, 0.717) is 47.3 Å². The van der Waals surface area contributed by atoms with Gasteiger partial charge in [-0.25, -0.2) is 10.4 Å². The Balaban J connectivity index is 1.40. The van der Waals surface area contributed by atoms with E-state index in [1.54, 1.807) is 24.1 Å². The number of amides is 2. The number of hydrogen-bond donors (Lipinski definition) is 3. The van der Waals surface area contributed by atoms with Gasteiger partial charge in [-0.1, -0.05) is 45.0 Å². The van der Waals surface area contributed by atoms with Gasteiger partial charge in [-0.2, -0.15) is 5.10 Å². The monoisotopic (exact) mass is 526 g/mol. The van der Waals surface area contributed by atoms with Gasteiger partial charge in [0, 0.05) is 18.5 Å². The maximum absolute atomic E-state index is 12.6. The second-order valence-electron chi connectivity index (χ2n) is 9.50. The molecule has 3 N–H and O–H groups in total. The lowest BCUT2D eigenvalue weighted by molar-refractivity contribution is 0.0127. The van der Waals surface area contributed by atoms with E-state index in [1.165, 1.54) is 16.9 Å². The third-order valence-electron chi connectivity index (χ3n) is 5.82. The van der Waals surface area contributed by atoms with Gasteiger partial charge in [0.25, 0.3) is 11.8 Å². The van der Waals surface area contributed by atoms with Crippen LogP contribution in [0.3, 0.4) is 0 Å². The number of carbonyl (C=O) groups excluding carboxylic acids is 2. The summed E-state index contributed by atoms with van der Waals surface area (Å²) in [4.78, 5) is 26.6. The highest BCUT2D eigenvalue weighted by Crippen LogP contribution is 2.39. The molecule has 36 heavy (non-hydrogen) atoms. The number of hydrazine groups is 1. The quantitative estimate of drug-likeness (QED) is 0.322. The third kappa shape index (κ3) is 6.01. The van der Waals surface area contributed by atoms with Crippen molar-refractivity contribution >= 4 is 40.2 Å². The van der Waals surface area contributed by atoms with Gasteiger partial charge in [0.2, 0.25) is 0 Å². The molecule has 1 aliphatic heterocycles. The van der Waals surface area contributed by atoms with E-state index in [0.717, 1.165) is 21.8 Å². The van der Waals surface area contributed by atoms with Gasteiger partial charge in [-0.3, -0.25) is 15.0 Å². The number of rotatable bonds is 6. The van der Waals surface area contributed by atoms with Crippen molar-refractivity contribution in [2.45, 2.75) is 33.1 Å². The molecule has 2 aromatic heterocycles. The largest absolute Gasteiger partial charge is 0.506 e. The van der Waals surface area contributed by atoms with Crippen LogP contribution in [0.1, 0.15) is 58.2 Å². The highest BCUT2D eigenvalue weighted by molar-refractivity contribution is 7.16. The number of carbonyl (C=O) groups is 2. The fraction of sp³-hybridized carbons (Fsp3) is 0.346. The van der Waals surface area contributed by atoms with Crippen LogP contribution in [0, 0.1) is 0 Å². The molecule has 0 aliphatic carbocycles. The van der Waals surface area contributed by atoms with Crippen LogP contribution >= 0.6 is 22.7 Å². The Labute approximate surface area is 218 Å². The van der Waals surface area contributed by atoms with Crippen molar-refractivity contribution in [3.63, 3.8) is 0 Å². The number of ether oxygens (including phenoxy) is 1. The van der Waals surface area contributed by atoms with Crippen LogP contribution in [0.4, 0.5) is 0 Å². The summed E-state index contributed by atoms with van der Waals surface area (Å²) in [5.74, 6) is -0.540. The van der Waals surface area contributed by atoms with E-state index in [2.05, 4.69) is 48.9 Å². The minimum Gasteiger partial charge on any atom is -0.506 e. The minimum atomic E-state index is -0.419. The molecule has 1 aliphatic rings. The standard InChI is InChI=1S/C26H30N4O4S2/c1-16(19-15-35-23(22(19)31)17-5-7-18(8-6-17)26(2,3)4)27-28-24(32)20-9-10-21(36-20)25(33)29-30-11-13-34-14-12-30/h5-10,15,31H,11-14H2,1-4H3,(H,28,32)(H,29,33). The number of nitrogens with zero attached hydrogens (tertiary/aromatic N) is 2. The molecular formula is C26H30N4O4S2. The predicted molar refractivity (Wildman–Crippen MR) is 144 cm³/mol. The number of thiophene rings is 2. The minimum absolute atomic E-state index is 0.0541. The zero-order valence-corrected chi connectivity index (χ0v) is 22.4. The first-order chi connectivity index (χ1) is 17.1. The number of aromatic hydroxyl groups is 1. The van der Waals surface area contributed by atoms with Gasteiger partial charge in [0.1, 0.15) is 5.75 Å². The Bertz CT molecular complexity index is 1270. The van der Waals surface area contributed by atoms with Gasteiger partial charge >= 0.3 is 0 Å². The Morgan fingerprint density at radius 3 is 2.31 bits per heavy atom. The molecule has 4 rings (SSSR count). The molecule has 0 spiro atoms. The molecular weight excluding hydrogens is 496 g/mol. The molecule has 1 aromatic carbocycles. The van der Waals surface area contributed by atoms with E-state index in [1.807, 2.05) is 17.5 Å². The van der Waals surface area contributed by atoms with Gasteiger partial charge in [-0.15, -0.1) is 22.7 Å². The van der Waals surface area contributed by atoms with E-state index < -0.39 is 5.91 Å². The first kappa shape index (κ1) is 26.0. The molecule has 0 radical (unpaired) electrons.